The molecule has 2 aromatic carbocycles. The van der Waals surface area contributed by atoms with Gasteiger partial charge in [-0.25, -0.2) is 0 Å². The van der Waals surface area contributed by atoms with Crippen LogP contribution < -0.4 is 0 Å². The predicted octanol–water partition coefficient (Wildman–Crippen LogP) is 5.64. The summed E-state index contributed by atoms with van der Waals surface area (Å²) >= 11 is 0. The summed E-state index contributed by atoms with van der Waals surface area (Å²) in [5, 5.41) is 0. The van der Waals surface area contributed by atoms with Crippen molar-refractivity contribution in [3.05, 3.63) is 102 Å². The molecule has 0 fully saturated rings. The van der Waals surface area contributed by atoms with Crippen molar-refractivity contribution in [2.24, 2.45) is 5.41 Å². The third-order valence-corrected chi connectivity index (χ3v) is 4.84. The lowest BCUT2D eigenvalue weighted by atomic mass is 9.84. The van der Waals surface area contributed by atoms with Crippen LogP contribution in [-0.4, -0.2) is 17.4 Å². The molecule has 0 unspecified atom stereocenters. The minimum absolute atomic E-state index is 0.159. The van der Waals surface area contributed by atoms with E-state index in [4.69, 9.17) is 0 Å². The Hall–Kier alpha value is -2.87. The van der Waals surface area contributed by atoms with E-state index in [-0.39, 0.29) is 5.91 Å². The molecule has 0 aliphatic heterocycles. The maximum absolute atomic E-state index is 13.3. The molecular formula is C25H27NO. The molecule has 3 rings (SSSR count). The first-order chi connectivity index (χ1) is 13.2. The van der Waals surface area contributed by atoms with Gasteiger partial charge in [-0.2, -0.15) is 0 Å². The maximum atomic E-state index is 13.3. The fraction of sp³-hybridized carbons (Fsp3) is 0.240. The lowest BCUT2D eigenvalue weighted by molar-refractivity contribution is -0.137. The van der Waals surface area contributed by atoms with Gasteiger partial charge in [0.1, 0.15) is 0 Å². The van der Waals surface area contributed by atoms with Crippen molar-refractivity contribution in [3.63, 3.8) is 0 Å². The Labute approximate surface area is 162 Å². The molecule has 27 heavy (non-hydrogen) atoms. The third-order valence-electron chi connectivity index (χ3n) is 4.84. The number of hydrogen-bond acceptors (Lipinski definition) is 1. The van der Waals surface area contributed by atoms with E-state index in [0.717, 1.165) is 18.4 Å². The number of rotatable bonds is 7. The molecule has 0 heterocycles. The number of carbonyl (C=O) groups is 1. The summed E-state index contributed by atoms with van der Waals surface area (Å²) < 4.78 is 0. The van der Waals surface area contributed by atoms with Gasteiger partial charge in [-0.05, 0) is 30.9 Å². The van der Waals surface area contributed by atoms with Gasteiger partial charge in [-0.1, -0.05) is 97.1 Å². The minimum Gasteiger partial charge on any atom is -0.337 e. The highest BCUT2D eigenvalue weighted by Crippen LogP contribution is 2.28. The number of allylic oxidation sites excluding steroid dienone is 2. The van der Waals surface area contributed by atoms with Gasteiger partial charge in [-0.15, -0.1) is 0 Å². The van der Waals surface area contributed by atoms with Crippen molar-refractivity contribution < 1.29 is 4.79 Å². The normalized spacial score (nSPS) is 15.1. The van der Waals surface area contributed by atoms with Crippen LogP contribution in [0.4, 0.5) is 0 Å². The van der Waals surface area contributed by atoms with E-state index in [0.29, 0.717) is 13.1 Å². The standard InChI is InChI=1S/C25H27NO/c1-25(18-10-4-11-19-25)24(27)26(21-23-16-7-3-8-17-23)20-12-9-15-22-13-5-2-6-14-22/h2-3,5-11,13-19H,4,12,20-21H2,1H3/b15-9+. The fourth-order valence-electron chi connectivity index (χ4n) is 3.31. The Morgan fingerprint density at radius 3 is 2.30 bits per heavy atom. The van der Waals surface area contributed by atoms with Crippen LogP contribution in [0, 0.1) is 5.41 Å². The number of carbonyl (C=O) groups excluding carboxylic acids is 1. The number of amides is 1. The summed E-state index contributed by atoms with van der Waals surface area (Å²) in [4.78, 5) is 15.3. The molecular weight excluding hydrogens is 330 g/mol. The van der Waals surface area contributed by atoms with E-state index in [9.17, 15) is 4.79 Å². The second-order valence-corrected chi connectivity index (χ2v) is 7.14. The molecule has 0 radical (unpaired) electrons. The first kappa shape index (κ1) is 18.9. The Morgan fingerprint density at radius 2 is 1.63 bits per heavy atom. The first-order valence-electron chi connectivity index (χ1n) is 9.58. The number of hydrogen-bond donors (Lipinski definition) is 0. The molecule has 2 aromatic rings. The zero-order chi connectivity index (χ0) is 19.0. The van der Waals surface area contributed by atoms with Crippen LogP contribution in [0.15, 0.2) is 91.0 Å². The smallest absolute Gasteiger partial charge is 0.236 e. The van der Waals surface area contributed by atoms with Gasteiger partial charge in [0.25, 0.3) is 0 Å². The van der Waals surface area contributed by atoms with Crippen molar-refractivity contribution in [2.75, 3.05) is 6.54 Å². The topological polar surface area (TPSA) is 20.3 Å². The van der Waals surface area contributed by atoms with E-state index < -0.39 is 5.41 Å². The highest BCUT2D eigenvalue weighted by Gasteiger charge is 2.32. The fourth-order valence-corrected chi connectivity index (χ4v) is 3.31. The van der Waals surface area contributed by atoms with Crippen molar-refractivity contribution in [1.82, 2.24) is 4.90 Å². The van der Waals surface area contributed by atoms with Crippen molar-refractivity contribution in [2.45, 2.75) is 26.3 Å². The lowest BCUT2D eigenvalue weighted by Gasteiger charge is -2.32. The third kappa shape index (κ3) is 5.30. The number of benzene rings is 2. The Bertz CT molecular complexity index is 806. The van der Waals surface area contributed by atoms with Crippen LogP contribution in [0.3, 0.4) is 0 Å². The van der Waals surface area contributed by atoms with Crippen LogP contribution in [0.2, 0.25) is 0 Å². The SMILES string of the molecule is CC1(C(=O)N(CC/C=C/c2ccccc2)Cc2ccccc2)C=CCC=C1. The van der Waals surface area contributed by atoms with Crippen LogP contribution in [0.5, 0.6) is 0 Å². The molecule has 138 valence electrons. The molecule has 2 heteroatoms. The van der Waals surface area contributed by atoms with Gasteiger partial charge in [-0.3, -0.25) is 4.79 Å². The molecule has 2 nitrogen and oxygen atoms in total. The summed E-state index contributed by atoms with van der Waals surface area (Å²) in [6.45, 7) is 3.34. The van der Waals surface area contributed by atoms with Crippen molar-refractivity contribution >= 4 is 12.0 Å². The molecule has 1 aliphatic rings. The zero-order valence-electron chi connectivity index (χ0n) is 15.9. The van der Waals surface area contributed by atoms with Crippen LogP contribution in [-0.2, 0) is 11.3 Å². The average molecular weight is 357 g/mol. The molecule has 0 saturated carbocycles. The number of nitrogens with zero attached hydrogens (tertiary/aromatic N) is 1. The molecule has 0 saturated heterocycles. The summed E-state index contributed by atoms with van der Waals surface area (Å²) in [5.41, 5.74) is 1.80. The second-order valence-electron chi connectivity index (χ2n) is 7.14. The summed E-state index contributed by atoms with van der Waals surface area (Å²) in [5.74, 6) is 0.159. The van der Waals surface area contributed by atoms with E-state index >= 15 is 0 Å². The van der Waals surface area contributed by atoms with Gasteiger partial charge in [0, 0.05) is 13.1 Å². The monoisotopic (exact) mass is 357 g/mol. The Kier molecular flexibility index (Phi) is 6.43. The van der Waals surface area contributed by atoms with E-state index in [1.165, 1.54) is 5.56 Å². The van der Waals surface area contributed by atoms with Crippen LogP contribution in [0.25, 0.3) is 6.08 Å². The molecule has 1 amide bonds. The van der Waals surface area contributed by atoms with Crippen LogP contribution in [0.1, 0.15) is 30.9 Å². The van der Waals surface area contributed by atoms with Gasteiger partial charge < -0.3 is 4.90 Å². The average Bonchev–Trinajstić information content (AvgIpc) is 2.72. The summed E-state index contributed by atoms with van der Waals surface area (Å²) in [6.07, 6.45) is 14.2. The van der Waals surface area contributed by atoms with Gasteiger partial charge in [0.05, 0.1) is 5.41 Å². The molecule has 0 spiro atoms. The quantitative estimate of drug-likeness (QED) is 0.587. The highest BCUT2D eigenvalue weighted by molar-refractivity contribution is 5.86. The highest BCUT2D eigenvalue weighted by atomic mass is 16.2. The summed E-state index contributed by atoms with van der Waals surface area (Å²) in [7, 11) is 0. The van der Waals surface area contributed by atoms with Gasteiger partial charge in [0.2, 0.25) is 5.91 Å². The van der Waals surface area contributed by atoms with E-state index in [2.05, 4.69) is 48.6 Å². The molecule has 1 aliphatic carbocycles. The largest absolute Gasteiger partial charge is 0.337 e. The molecule has 0 atom stereocenters. The summed E-state index contributed by atoms with van der Waals surface area (Å²) in [6, 6.07) is 20.5. The Balaban J connectivity index is 1.70. The zero-order valence-corrected chi connectivity index (χ0v) is 15.9. The predicted molar refractivity (Wildman–Crippen MR) is 113 cm³/mol. The Morgan fingerprint density at radius 1 is 1.00 bits per heavy atom. The first-order valence-corrected chi connectivity index (χ1v) is 9.58. The second kappa shape index (κ2) is 9.18. The molecule has 0 aromatic heterocycles. The van der Waals surface area contributed by atoms with Gasteiger partial charge >= 0.3 is 0 Å². The maximum Gasteiger partial charge on any atom is 0.236 e. The van der Waals surface area contributed by atoms with E-state index in [1.54, 1.807) is 0 Å². The molecule has 0 bridgehead atoms. The lowest BCUT2D eigenvalue weighted by Crippen LogP contribution is -2.41. The molecule has 0 N–H and O–H groups in total. The van der Waals surface area contributed by atoms with Gasteiger partial charge in [0.15, 0.2) is 0 Å². The van der Waals surface area contributed by atoms with Crippen molar-refractivity contribution in [1.29, 1.82) is 0 Å². The minimum atomic E-state index is -0.545. The van der Waals surface area contributed by atoms with Crippen LogP contribution >= 0.6 is 0 Å². The van der Waals surface area contributed by atoms with Crippen molar-refractivity contribution in [3.8, 4) is 0 Å². The van der Waals surface area contributed by atoms with E-state index in [1.807, 2.05) is 60.4 Å².